The van der Waals surface area contributed by atoms with Crippen LogP contribution in [0.1, 0.15) is 11.1 Å². The number of fused-ring (bicyclic) bond motifs is 1. The smallest absolute Gasteiger partial charge is 0.320 e. The maximum absolute atomic E-state index is 13.4. The van der Waals surface area contributed by atoms with Crippen LogP contribution in [0.3, 0.4) is 0 Å². The summed E-state index contributed by atoms with van der Waals surface area (Å²) >= 11 is 0. The molecule has 0 spiro atoms. The average molecular weight is 511 g/mol. The van der Waals surface area contributed by atoms with Crippen LogP contribution in [0.2, 0.25) is 0 Å². The van der Waals surface area contributed by atoms with Gasteiger partial charge in [-0.25, -0.2) is 8.42 Å². The molecule has 2 aliphatic heterocycles. The molecule has 10 heteroatoms. The van der Waals surface area contributed by atoms with Crippen molar-refractivity contribution in [1.29, 1.82) is 0 Å². The number of rotatable bonds is 8. The molecule has 1 atom stereocenters. The van der Waals surface area contributed by atoms with Gasteiger partial charge in [0.15, 0.2) is 17.1 Å². The number of carbonyl (C=O) groups is 1. The Hall–Kier alpha value is -3.60. The average Bonchev–Trinajstić information content (AvgIpc) is 2.86. The number of nitrogens with two attached hydrogens (primary N) is 1. The molecule has 0 unspecified atom stereocenters. The number of nitrogens with zero attached hydrogens (tertiary/aromatic N) is 1. The molecule has 0 aliphatic carbocycles. The van der Waals surface area contributed by atoms with Gasteiger partial charge in [-0.2, -0.15) is 4.31 Å². The molecule has 1 saturated heterocycles. The Bertz CT molecular complexity index is 1370. The Balaban J connectivity index is 1.40. The molecule has 0 saturated carbocycles. The predicted octanol–water partition coefficient (Wildman–Crippen LogP) is 2.39. The Labute approximate surface area is 209 Å². The van der Waals surface area contributed by atoms with E-state index in [1.807, 2.05) is 30.3 Å². The van der Waals surface area contributed by atoms with E-state index in [4.69, 9.17) is 25.1 Å². The SMILES string of the molecule is N[C@@H](Cc1cccc(S(=O)(=O)N2CC(Oc3ccc4c(c3)OCCO4)(c3ccccc3)C2)c1)C(=O)O. The lowest BCUT2D eigenvalue weighted by molar-refractivity contribution is -0.138. The minimum absolute atomic E-state index is 0.0277. The second-order valence-corrected chi connectivity index (χ2v) is 10.8. The molecule has 0 aromatic heterocycles. The highest BCUT2D eigenvalue weighted by Crippen LogP contribution is 2.42. The van der Waals surface area contributed by atoms with E-state index in [0.717, 1.165) is 5.56 Å². The van der Waals surface area contributed by atoms with Crippen molar-refractivity contribution >= 4 is 16.0 Å². The van der Waals surface area contributed by atoms with Crippen LogP contribution in [0.25, 0.3) is 0 Å². The van der Waals surface area contributed by atoms with Crippen LogP contribution >= 0.6 is 0 Å². The van der Waals surface area contributed by atoms with E-state index in [-0.39, 0.29) is 24.4 Å². The minimum atomic E-state index is -3.85. The molecular weight excluding hydrogens is 484 g/mol. The van der Waals surface area contributed by atoms with E-state index in [1.54, 1.807) is 30.3 Å². The fraction of sp³-hybridized carbons (Fsp3) is 0.269. The van der Waals surface area contributed by atoms with Crippen molar-refractivity contribution in [2.45, 2.75) is 23.0 Å². The van der Waals surface area contributed by atoms with E-state index >= 15 is 0 Å². The number of hydrogen-bond acceptors (Lipinski definition) is 7. The largest absolute Gasteiger partial charge is 0.486 e. The highest BCUT2D eigenvalue weighted by atomic mass is 32.2. The van der Waals surface area contributed by atoms with Gasteiger partial charge in [-0.15, -0.1) is 0 Å². The van der Waals surface area contributed by atoms with Crippen molar-refractivity contribution in [2.75, 3.05) is 26.3 Å². The summed E-state index contributed by atoms with van der Waals surface area (Å²) in [6, 6.07) is 19.9. The molecule has 3 aromatic rings. The number of ether oxygens (including phenoxy) is 3. The quantitative estimate of drug-likeness (QED) is 0.473. The fourth-order valence-corrected chi connectivity index (χ4v) is 5.98. The van der Waals surface area contributed by atoms with E-state index < -0.39 is 27.6 Å². The number of carboxylic acids is 1. The third kappa shape index (κ3) is 4.62. The van der Waals surface area contributed by atoms with E-state index in [9.17, 15) is 13.2 Å². The van der Waals surface area contributed by atoms with Gasteiger partial charge in [0, 0.05) is 6.07 Å². The predicted molar refractivity (Wildman–Crippen MR) is 131 cm³/mol. The molecule has 2 heterocycles. The summed E-state index contributed by atoms with van der Waals surface area (Å²) in [7, 11) is -3.85. The normalized spacial score (nSPS) is 17.6. The fourth-order valence-electron chi connectivity index (χ4n) is 4.38. The van der Waals surface area contributed by atoms with Gasteiger partial charge in [-0.05, 0) is 41.8 Å². The van der Waals surface area contributed by atoms with Crippen LogP contribution in [-0.4, -0.2) is 56.1 Å². The van der Waals surface area contributed by atoms with E-state index in [2.05, 4.69) is 0 Å². The number of sulfonamides is 1. The Morgan fingerprint density at radius 3 is 2.44 bits per heavy atom. The molecule has 188 valence electrons. The third-order valence-corrected chi connectivity index (χ3v) is 8.09. The molecule has 36 heavy (non-hydrogen) atoms. The number of carboxylic acid groups (broad SMARTS) is 1. The van der Waals surface area contributed by atoms with Crippen molar-refractivity contribution in [3.63, 3.8) is 0 Å². The molecule has 0 radical (unpaired) electrons. The van der Waals surface area contributed by atoms with Crippen molar-refractivity contribution in [1.82, 2.24) is 4.31 Å². The zero-order valence-corrected chi connectivity index (χ0v) is 20.2. The van der Waals surface area contributed by atoms with Crippen LogP contribution < -0.4 is 19.9 Å². The molecule has 2 aliphatic rings. The Kier molecular flexibility index (Phi) is 6.33. The molecule has 0 bridgehead atoms. The highest BCUT2D eigenvalue weighted by molar-refractivity contribution is 7.89. The first-order valence-electron chi connectivity index (χ1n) is 11.5. The van der Waals surface area contributed by atoms with Gasteiger partial charge in [-0.3, -0.25) is 4.79 Å². The number of hydrogen-bond donors (Lipinski definition) is 2. The molecule has 3 N–H and O–H groups in total. The van der Waals surface area contributed by atoms with Crippen molar-refractivity contribution in [3.8, 4) is 17.2 Å². The van der Waals surface area contributed by atoms with Gasteiger partial charge in [0.25, 0.3) is 0 Å². The summed E-state index contributed by atoms with van der Waals surface area (Å²) in [6.07, 6.45) is 0.0277. The van der Waals surface area contributed by atoms with Gasteiger partial charge in [0.05, 0.1) is 18.0 Å². The molecule has 0 amide bonds. The zero-order chi connectivity index (χ0) is 25.3. The maximum atomic E-state index is 13.4. The summed E-state index contributed by atoms with van der Waals surface area (Å²) in [5.74, 6) is 0.629. The van der Waals surface area contributed by atoms with Crippen LogP contribution in [-0.2, 0) is 26.8 Å². The van der Waals surface area contributed by atoms with Crippen LogP contribution in [0.5, 0.6) is 17.2 Å². The molecule has 1 fully saturated rings. The standard InChI is InChI=1S/C26H26N2O7S/c27-22(25(29)30)14-18-5-4-8-21(13-18)36(31,32)28-16-26(17-28,19-6-2-1-3-7-19)35-20-9-10-23-24(15-20)34-12-11-33-23/h1-10,13,15,22H,11-12,14,16-17,27H2,(H,29,30)/t22-/m0/s1. The monoisotopic (exact) mass is 510 g/mol. The second kappa shape index (κ2) is 9.45. The van der Waals surface area contributed by atoms with Crippen LogP contribution in [0.4, 0.5) is 0 Å². The Morgan fingerprint density at radius 2 is 1.72 bits per heavy atom. The topological polar surface area (TPSA) is 128 Å². The van der Waals surface area contributed by atoms with Crippen molar-refractivity contribution < 1.29 is 32.5 Å². The second-order valence-electron chi connectivity index (χ2n) is 8.84. The van der Waals surface area contributed by atoms with E-state index in [0.29, 0.717) is 36.0 Å². The lowest BCUT2D eigenvalue weighted by Gasteiger charge is -2.49. The summed E-state index contributed by atoms with van der Waals surface area (Å²) in [5, 5.41) is 9.08. The van der Waals surface area contributed by atoms with E-state index in [1.165, 1.54) is 16.4 Å². The summed E-state index contributed by atoms with van der Waals surface area (Å²) in [6.45, 7) is 1.14. The first-order valence-corrected chi connectivity index (χ1v) is 12.9. The summed E-state index contributed by atoms with van der Waals surface area (Å²) in [4.78, 5) is 11.2. The van der Waals surface area contributed by atoms with Gasteiger partial charge in [0.2, 0.25) is 10.0 Å². The lowest BCUT2D eigenvalue weighted by Crippen LogP contribution is -2.64. The third-order valence-electron chi connectivity index (χ3n) is 6.30. The zero-order valence-electron chi connectivity index (χ0n) is 19.4. The maximum Gasteiger partial charge on any atom is 0.320 e. The molecule has 3 aromatic carbocycles. The first kappa shape index (κ1) is 24.1. The first-order chi connectivity index (χ1) is 17.3. The van der Waals surface area contributed by atoms with Gasteiger partial charge in [-0.1, -0.05) is 42.5 Å². The van der Waals surface area contributed by atoms with Crippen LogP contribution in [0, 0.1) is 0 Å². The summed E-state index contributed by atoms with van der Waals surface area (Å²) in [5.41, 5.74) is 6.13. The van der Waals surface area contributed by atoms with Gasteiger partial charge >= 0.3 is 5.97 Å². The summed E-state index contributed by atoms with van der Waals surface area (Å²) < 4.78 is 45.9. The number of benzene rings is 3. The van der Waals surface area contributed by atoms with Gasteiger partial charge < -0.3 is 25.1 Å². The van der Waals surface area contributed by atoms with Crippen LogP contribution in [0.15, 0.2) is 77.7 Å². The Morgan fingerprint density at radius 1 is 1.00 bits per heavy atom. The highest BCUT2D eigenvalue weighted by Gasteiger charge is 2.52. The molecule has 9 nitrogen and oxygen atoms in total. The van der Waals surface area contributed by atoms with Crippen molar-refractivity contribution in [3.05, 3.63) is 83.9 Å². The van der Waals surface area contributed by atoms with Gasteiger partial charge in [0.1, 0.15) is 25.0 Å². The lowest BCUT2D eigenvalue weighted by atomic mass is 9.87. The minimum Gasteiger partial charge on any atom is -0.486 e. The molecular formula is C26H26N2O7S. The van der Waals surface area contributed by atoms with Crippen molar-refractivity contribution in [2.24, 2.45) is 5.73 Å². The number of aliphatic carboxylic acids is 1. The molecule has 5 rings (SSSR count).